The minimum Gasteiger partial charge on any atom is -0.0654 e. The lowest BCUT2D eigenvalue weighted by Crippen LogP contribution is -1.47. The number of hydrogen-bond acceptors (Lipinski definition) is 0. The summed E-state index contributed by atoms with van der Waals surface area (Å²) in [6.45, 7) is 4.36. The first-order valence-electron chi connectivity index (χ1n) is 1.91. The smallest absolute Gasteiger partial charge is 0 e. The highest BCUT2D eigenvalue weighted by Gasteiger charge is 1.56. The largest absolute Gasteiger partial charge is 0.0654 e. The zero-order chi connectivity index (χ0) is 3.41. The maximum Gasteiger partial charge on any atom is 0 e. The highest BCUT2D eigenvalue weighted by Crippen LogP contribution is 1.76. The van der Waals surface area contributed by atoms with Crippen LogP contribution in [0.25, 0.3) is 0 Å². The fourth-order valence-electron chi connectivity index (χ4n) is 0. The van der Waals surface area contributed by atoms with Crippen LogP contribution in [0.1, 0.15) is 28.1 Å². The van der Waals surface area contributed by atoms with E-state index in [9.17, 15) is 0 Å². The molecule has 0 aliphatic heterocycles. The molecule has 0 heterocycles. The van der Waals surface area contributed by atoms with E-state index in [4.69, 9.17) is 0 Å². The molecule has 0 unspecified atom stereocenters. The van der Waals surface area contributed by atoms with Crippen LogP contribution in [0.5, 0.6) is 0 Å². The van der Waals surface area contributed by atoms with Crippen molar-refractivity contribution in [3.63, 3.8) is 0 Å². The molecule has 0 radical (unpaired) electrons. The van der Waals surface area contributed by atoms with E-state index in [1.165, 1.54) is 12.8 Å². The third-order valence-corrected chi connectivity index (χ3v) is 0.500. The van der Waals surface area contributed by atoms with Gasteiger partial charge in [-0.15, -0.1) is 0 Å². The van der Waals surface area contributed by atoms with Crippen LogP contribution in [0.2, 0.25) is 0 Å². The molecule has 0 saturated carbocycles. The summed E-state index contributed by atoms with van der Waals surface area (Å²) in [6.07, 6.45) is 2.64. The molecule has 0 aliphatic rings. The summed E-state index contributed by atoms with van der Waals surface area (Å²) in [4.78, 5) is 0. The second-order valence-electron chi connectivity index (χ2n) is 1.000. The molecule has 0 spiro atoms. The summed E-state index contributed by atoms with van der Waals surface area (Å²) in [5.41, 5.74) is 0. The lowest BCUT2D eigenvalue weighted by molar-refractivity contribution is 0.886. The van der Waals surface area contributed by atoms with Gasteiger partial charge in [0.2, 0.25) is 0 Å². The summed E-state index contributed by atoms with van der Waals surface area (Å²) in [5.74, 6) is 0. The standard InChI is InChI=1S/C4H10.H2/c1-3-4-2;/h3-4H2,1-2H3;1H/i;1+2. The van der Waals surface area contributed by atoms with Gasteiger partial charge in [0.05, 0.1) is 0 Å². The summed E-state index contributed by atoms with van der Waals surface area (Å²) in [6, 6.07) is 0. The van der Waals surface area contributed by atoms with Crippen LogP contribution < -0.4 is 0 Å². The Labute approximate surface area is 29.3 Å². The maximum atomic E-state index is 2.18. The Bertz CT molecular complexity index is 5.61. The first-order chi connectivity index (χ1) is 1.91. The molecule has 0 bridgehead atoms. The van der Waals surface area contributed by atoms with Gasteiger partial charge in [0.1, 0.15) is 0 Å². The average molecular weight is 62.1 g/mol. The molecule has 0 aliphatic carbocycles. The molecule has 0 nitrogen and oxygen atoms in total. The summed E-state index contributed by atoms with van der Waals surface area (Å²) in [7, 11) is 0. The molecule has 28 valence electrons. The normalized spacial score (nSPS) is 7.50. The summed E-state index contributed by atoms with van der Waals surface area (Å²) >= 11 is 0. The Morgan fingerprint density at radius 3 is 1.50 bits per heavy atom. The van der Waals surface area contributed by atoms with E-state index >= 15 is 0 Å². The molecule has 0 fully saturated rings. The summed E-state index contributed by atoms with van der Waals surface area (Å²) < 4.78 is 0. The van der Waals surface area contributed by atoms with Crippen molar-refractivity contribution in [2.45, 2.75) is 26.7 Å². The monoisotopic (exact) mass is 62.1 g/mol. The third kappa shape index (κ3) is 2.00. The molecule has 0 N–H and O–H groups in total. The van der Waals surface area contributed by atoms with Crippen molar-refractivity contribution in [1.29, 1.82) is 0 Å². The molecule has 0 amide bonds. The van der Waals surface area contributed by atoms with Gasteiger partial charge in [-0.1, -0.05) is 26.7 Å². The van der Waals surface area contributed by atoms with Crippen molar-refractivity contribution in [2.24, 2.45) is 0 Å². The Morgan fingerprint density at radius 2 is 1.50 bits per heavy atom. The first-order valence-corrected chi connectivity index (χ1v) is 1.91. The predicted molar refractivity (Wildman–Crippen MR) is 22.7 cm³/mol. The molecule has 0 heteroatoms. The van der Waals surface area contributed by atoms with Crippen LogP contribution in [0, 0.1) is 0 Å². The molecule has 0 aromatic heterocycles. The minimum absolute atomic E-state index is 0. The van der Waals surface area contributed by atoms with Crippen LogP contribution in [0.4, 0.5) is 0 Å². The zero-order valence-electron chi connectivity index (χ0n) is 3.41. The van der Waals surface area contributed by atoms with Gasteiger partial charge >= 0.3 is 0 Å². The molecule has 0 aromatic rings. The fraction of sp³-hybridized carbons (Fsp3) is 1.00. The molecule has 0 aromatic carbocycles. The topological polar surface area (TPSA) is 0 Å². The van der Waals surface area contributed by atoms with Crippen LogP contribution >= 0.6 is 0 Å². The van der Waals surface area contributed by atoms with Crippen molar-refractivity contribution in [3.8, 4) is 0 Å². The van der Waals surface area contributed by atoms with Gasteiger partial charge in [-0.25, -0.2) is 0 Å². The maximum absolute atomic E-state index is 2.18. The summed E-state index contributed by atoms with van der Waals surface area (Å²) in [5, 5.41) is 0. The lowest BCUT2D eigenvalue weighted by atomic mass is 10.4. The average Bonchev–Trinajstić information content (AvgIpc) is 1.37. The van der Waals surface area contributed by atoms with Gasteiger partial charge in [-0.2, -0.15) is 0 Å². The Balaban J connectivity index is 0. The molecule has 0 atom stereocenters. The van der Waals surface area contributed by atoms with E-state index in [1.807, 2.05) is 0 Å². The van der Waals surface area contributed by atoms with Gasteiger partial charge in [0.25, 0.3) is 0 Å². The fourth-order valence-corrected chi connectivity index (χ4v) is 0. The second-order valence-corrected chi connectivity index (χ2v) is 1.000. The van der Waals surface area contributed by atoms with Crippen LogP contribution in [-0.4, -0.2) is 0 Å². The second kappa shape index (κ2) is 3.00. The van der Waals surface area contributed by atoms with Crippen LogP contribution in [0.15, 0.2) is 0 Å². The van der Waals surface area contributed by atoms with Crippen molar-refractivity contribution in [3.05, 3.63) is 0 Å². The van der Waals surface area contributed by atoms with Gasteiger partial charge in [0.15, 0.2) is 0 Å². The molecule has 4 heavy (non-hydrogen) atoms. The Hall–Kier alpha value is 0. The van der Waals surface area contributed by atoms with Crippen molar-refractivity contribution in [2.75, 3.05) is 0 Å². The van der Waals surface area contributed by atoms with Crippen molar-refractivity contribution >= 4 is 0 Å². The van der Waals surface area contributed by atoms with E-state index in [-0.39, 0.29) is 1.43 Å². The number of unbranched alkanes of at least 4 members (excludes halogenated alkanes) is 1. The van der Waals surface area contributed by atoms with Gasteiger partial charge < -0.3 is 0 Å². The number of rotatable bonds is 1. The quantitative estimate of drug-likeness (QED) is 0.436. The highest BCUT2D eigenvalue weighted by atomic mass is 13.6. The third-order valence-electron chi connectivity index (χ3n) is 0.500. The van der Waals surface area contributed by atoms with Crippen LogP contribution in [0.3, 0.4) is 0 Å². The highest BCUT2D eigenvalue weighted by molar-refractivity contribution is 4.12. The Morgan fingerprint density at radius 1 is 1.25 bits per heavy atom. The molecular formula is C4H12. The van der Waals surface area contributed by atoms with E-state index in [0.29, 0.717) is 0 Å². The van der Waals surface area contributed by atoms with E-state index in [1.54, 1.807) is 0 Å². The van der Waals surface area contributed by atoms with Crippen LogP contribution in [-0.2, 0) is 0 Å². The van der Waals surface area contributed by atoms with E-state index in [0.717, 1.165) is 0 Å². The first kappa shape index (κ1) is 4.00. The van der Waals surface area contributed by atoms with E-state index < -0.39 is 0 Å². The van der Waals surface area contributed by atoms with Crippen molar-refractivity contribution < 1.29 is 1.43 Å². The van der Waals surface area contributed by atoms with E-state index in [2.05, 4.69) is 13.8 Å². The van der Waals surface area contributed by atoms with Crippen molar-refractivity contribution in [1.82, 2.24) is 0 Å². The molecular weight excluding hydrogens is 48.0 g/mol. The van der Waals surface area contributed by atoms with Gasteiger partial charge in [-0.05, 0) is 0 Å². The zero-order valence-corrected chi connectivity index (χ0v) is 3.41. The Kier molecular flexibility index (Phi) is 3.00. The lowest BCUT2D eigenvalue weighted by Gasteiger charge is -1.68. The van der Waals surface area contributed by atoms with Gasteiger partial charge in [-0.3, -0.25) is 0 Å². The SMILES string of the molecule is CCCC.[3HH]. The molecule has 0 saturated heterocycles. The number of hydrogen-bond donors (Lipinski definition) is 0. The van der Waals surface area contributed by atoms with Gasteiger partial charge in [0, 0.05) is 1.43 Å². The minimum atomic E-state index is 0. The predicted octanol–water partition coefficient (Wildman–Crippen LogP) is 2.05. The molecule has 0 rings (SSSR count).